The Morgan fingerprint density at radius 2 is 1.91 bits per heavy atom. The van der Waals surface area contributed by atoms with E-state index < -0.39 is 0 Å². The topological polar surface area (TPSA) is 50.7 Å². The van der Waals surface area contributed by atoms with Gasteiger partial charge < -0.3 is 4.98 Å². The molecule has 4 nitrogen and oxygen atoms in total. The molecule has 0 aromatic heterocycles. The molecule has 22 heavy (non-hydrogen) atoms. The van der Waals surface area contributed by atoms with Gasteiger partial charge in [0.1, 0.15) is 5.69 Å². The number of aryl methyl sites for hydroxylation is 1. The minimum Gasteiger partial charge on any atom is -0.360 e. The molecule has 2 aromatic rings. The third kappa shape index (κ3) is 1.92. The zero-order chi connectivity index (χ0) is 15.3. The van der Waals surface area contributed by atoms with Gasteiger partial charge in [0.2, 0.25) is 0 Å². The zero-order valence-corrected chi connectivity index (χ0v) is 12.6. The molecular weight excluding hydrogens is 298 g/mol. The minimum absolute atomic E-state index is 0.143. The number of nitrogens with zero attached hydrogens (tertiary/aromatic N) is 2. The molecule has 0 aliphatic carbocycles. The summed E-state index contributed by atoms with van der Waals surface area (Å²) >= 11 is 5.90. The summed E-state index contributed by atoms with van der Waals surface area (Å²) in [5.41, 5.74) is 3.96. The van der Waals surface area contributed by atoms with Gasteiger partial charge in [-0.1, -0.05) is 23.7 Å². The number of benzene rings is 2. The van der Waals surface area contributed by atoms with Gasteiger partial charge in [-0.05, 0) is 42.8 Å². The van der Waals surface area contributed by atoms with Crippen molar-refractivity contribution in [2.45, 2.75) is 6.92 Å². The lowest BCUT2D eigenvalue weighted by Gasteiger charge is -2.03. The van der Waals surface area contributed by atoms with Crippen LogP contribution >= 0.6 is 11.6 Å². The van der Waals surface area contributed by atoms with Crippen LogP contribution in [0.5, 0.6) is 0 Å². The Bertz CT molecular complexity index is 1010. The van der Waals surface area contributed by atoms with Gasteiger partial charge in [0, 0.05) is 22.1 Å². The number of hydrogen-bond acceptors (Lipinski definition) is 2. The van der Waals surface area contributed by atoms with Gasteiger partial charge in [0.05, 0.1) is 11.3 Å². The van der Waals surface area contributed by atoms with Crippen LogP contribution in [0.2, 0.25) is 5.02 Å². The van der Waals surface area contributed by atoms with Crippen LogP contribution in [0.3, 0.4) is 0 Å². The standard InChI is InChI=1S/C17H12ClN3O/c1-10-2-7-13-15(8-10)19-9-14-16(13)20-21(17(14)22)12-5-3-11(18)4-6-12/h2-9,19H,1H3. The maximum Gasteiger partial charge on any atom is 0.282 e. The molecule has 0 fully saturated rings. The largest absolute Gasteiger partial charge is 0.360 e. The predicted molar refractivity (Wildman–Crippen MR) is 88.1 cm³/mol. The number of rotatable bonds is 1. The fourth-order valence-electron chi connectivity index (χ4n) is 2.63. The number of fused-ring (bicyclic) bond motifs is 3. The summed E-state index contributed by atoms with van der Waals surface area (Å²) in [5, 5.41) is 6.08. The van der Waals surface area contributed by atoms with Gasteiger partial charge in [-0.2, -0.15) is 9.78 Å². The normalized spacial score (nSPS) is 11.4. The monoisotopic (exact) mass is 309 g/mol. The maximum absolute atomic E-state index is 12.6. The third-order valence-electron chi connectivity index (χ3n) is 3.75. The van der Waals surface area contributed by atoms with Crippen LogP contribution in [-0.4, -0.2) is 14.8 Å². The molecule has 2 aromatic carbocycles. The molecule has 4 rings (SSSR count). The molecular formula is C17H12ClN3O. The molecule has 0 amide bonds. The van der Waals surface area contributed by atoms with Crippen molar-refractivity contribution in [3.05, 3.63) is 69.6 Å². The number of hydrogen-bond donors (Lipinski definition) is 1. The van der Waals surface area contributed by atoms with Gasteiger partial charge in [-0.15, -0.1) is 0 Å². The van der Waals surface area contributed by atoms with Crippen molar-refractivity contribution in [2.75, 3.05) is 0 Å². The van der Waals surface area contributed by atoms with Crippen molar-refractivity contribution in [1.82, 2.24) is 14.8 Å². The first-order valence-electron chi connectivity index (χ1n) is 6.90. The molecule has 0 spiro atoms. The van der Waals surface area contributed by atoms with E-state index >= 15 is 0 Å². The van der Waals surface area contributed by atoms with E-state index in [0.717, 1.165) is 16.5 Å². The molecule has 0 bridgehead atoms. The van der Waals surface area contributed by atoms with E-state index in [0.29, 0.717) is 22.0 Å². The van der Waals surface area contributed by atoms with Crippen LogP contribution in [-0.2, 0) is 0 Å². The van der Waals surface area contributed by atoms with Crippen molar-refractivity contribution in [3.63, 3.8) is 0 Å². The number of halogens is 1. The summed E-state index contributed by atoms with van der Waals surface area (Å²) < 4.78 is 1.41. The van der Waals surface area contributed by atoms with E-state index in [4.69, 9.17) is 11.6 Å². The van der Waals surface area contributed by atoms with E-state index in [1.54, 1.807) is 30.5 Å². The van der Waals surface area contributed by atoms with Crippen LogP contribution in [0.25, 0.3) is 27.8 Å². The van der Waals surface area contributed by atoms with Crippen LogP contribution in [0, 0.1) is 6.92 Å². The average molecular weight is 310 g/mol. The van der Waals surface area contributed by atoms with Crippen LogP contribution in [0.1, 0.15) is 5.56 Å². The highest BCUT2D eigenvalue weighted by Crippen LogP contribution is 2.26. The Balaban J connectivity index is 2.03. The molecule has 2 aliphatic heterocycles. The molecule has 0 saturated carbocycles. The molecule has 0 radical (unpaired) electrons. The summed E-state index contributed by atoms with van der Waals surface area (Å²) in [6, 6.07) is 13.1. The van der Waals surface area contributed by atoms with E-state index in [9.17, 15) is 4.79 Å². The van der Waals surface area contributed by atoms with Crippen molar-refractivity contribution in [1.29, 1.82) is 0 Å². The Kier molecular flexibility index (Phi) is 2.81. The number of pyridine rings is 1. The number of aromatic nitrogens is 3. The third-order valence-corrected chi connectivity index (χ3v) is 4.00. The van der Waals surface area contributed by atoms with Gasteiger partial charge >= 0.3 is 0 Å². The van der Waals surface area contributed by atoms with E-state index in [2.05, 4.69) is 10.1 Å². The minimum atomic E-state index is -0.143. The number of nitrogens with one attached hydrogen (secondary N) is 1. The zero-order valence-electron chi connectivity index (χ0n) is 11.8. The first-order valence-corrected chi connectivity index (χ1v) is 7.28. The van der Waals surface area contributed by atoms with Crippen molar-refractivity contribution < 1.29 is 0 Å². The van der Waals surface area contributed by atoms with Crippen molar-refractivity contribution in [3.8, 4) is 16.9 Å². The summed E-state index contributed by atoms with van der Waals surface area (Å²) in [4.78, 5) is 15.7. The Morgan fingerprint density at radius 3 is 2.68 bits per heavy atom. The Morgan fingerprint density at radius 1 is 1.14 bits per heavy atom. The second-order valence-electron chi connectivity index (χ2n) is 5.29. The average Bonchev–Trinajstić information content (AvgIpc) is 2.85. The molecule has 2 heterocycles. The summed E-state index contributed by atoms with van der Waals surface area (Å²) in [5.74, 6) is 0. The lowest BCUT2D eigenvalue weighted by Crippen LogP contribution is -2.14. The smallest absolute Gasteiger partial charge is 0.282 e. The van der Waals surface area contributed by atoms with Crippen LogP contribution < -0.4 is 5.56 Å². The fraction of sp³-hybridized carbons (Fsp3) is 0.0588. The second kappa shape index (κ2) is 4.71. The highest BCUT2D eigenvalue weighted by Gasteiger charge is 2.18. The first-order chi connectivity index (χ1) is 10.6. The van der Waals surface area contributed by atoms with E-state index in [-0.39, 0.29) is 5.56 Å². The lowest BCUT2D eigenvalue weighted by atomic mass is 10.1. The number of H-pyrrole nitrogens is 1. The van der Waals surface area contributed by atoms with E-state index in [1.165, 1.54) is 4.68 Å². The second-order valence-corrected chi connectivity index (χ2v) is 5.73. The van der Waals surface area contributed by atoms with Crippen molar-refractivity contribution >= 4 is 22.5 Å². The Hall–Kier alpha value is -2.59. The summed E-state index contributed by atoms with van der Waals surface area (Å²) in [7, 11) is 0. The molecule has 2 aliphatic rings. The fourth-order valence-corrected chi connectivity index (χ4v) is 2.76. The number of aromatic amines is 1. The van der Waals surface area contributed by atoms with E-state index in [1.807, 2.05) is 25.1 Å². The summed E-state index contributed by atoms with van der Waals surface area (Å²) in [6.45, 7) is 2.03. The van der Waals surface area contributed by atoms with Gasteiger partial charge in [0.25, 0.3) is 5.56 Å². The summed E-state index contributed by atoms with van der Waals surface area (Å²) in [6.07, 6.45) is 1.72. The molecule has 1 N–H and O–H groups in total. The van der Waals surface area contributed by atoms with Gasteiger partial charge in [-0.3, -0.25) is 4.79 Å². The maximum atomic E-state index is 12.6. The van der Waals surface area contributed by atoms with Crippen molar-refractivity contribution in [2.24, 2.45) is 0 Å². The molecule has 0 unspecified atom stereocenters. The Labute approximate surface area is 131 Å². The molecule has 0 saturated heterocycles. The van der Waals surface area contributed by atoms with Crippen LogP contribution in [0.4, 0.5) is 0 Å². The van der Waals surface area contributed by atoms with Gasteiger partial charge in [-0.25, -0.2) is 0 Å². The quantitative estimate of drug-likeness (QED) is 0.582. The molecule has 108 valence electrons. The molecule has 5 heteroatoms. The molecule has 0 atom stereocenters. The SMILES string of the molecule is Cc1ccc2c3nn(-c4ccc(Cl)cc4)c(=O)c-3c[nH]c2c1. The predicted octanol–water partition coefficient (Wildman–Crippen LogP) is 3.78. The highest BCUT2D eigenvalue weighted by atomic mass is 35.5. The highest BCUT2D eigenvalue weighted by molar-refractivity contribution is 6.30. The van der Waals surface area contributed by atoms with Crippen LogP contribution in [0.15, 0.2) is 53.5 Å². The lowest BCUT2D eigenvalue weighted by molar-refractivity contribution is 0.859. The van der Waals surface area contributed by atoms with Gasteiger partial charge in [0.15, 0.2) is 0 Å². The first kappa shape index (κ1) is 13.1.